The molecular weight excluding hydrogens is 525 g/mol. The second-order valence-electron chi connectivity index (χ2n) is 10.1. The minimum absolute atomic E-state index is 0.162. The van der Waals surface area contributed by atoms with Gasteiger partial charge in [0.25, 0.3) is 0 Å². The van der Waals surface area contributed by atoms with Gasteiger partial charge in [0.15, 0.2) is 5.13 Å². The second kappa shape index (κ2) is 9.81. The van der Waals surface area contributed by atoms with Crippen LogP contribution in [0, 0.1) is 6.92 Å². The molecule has 5 rings (SSSR count). The van der Waals surface area contributed by atoms with Crippen molar-refractivity contribution in [3.8, 4) is 22.4 Å². The number of thiazole rings is 1. The number of carbonyl (C=O) groups excluding carboxylic acids is 1. The Kier molecular flexibility index (Phi) is 6.63. The molecule has 0 saturated heterocycles. The lowest BCUT2D eigenvalue weighted by Gasteiger charge is -2.16. The van der Waals surface area contributed by atoms with E-state index in [2.05, 4.69) is 25.6 Å². The van der Waals surface area contributed by atoms with E-state index in [-0.39, 0.29) is 11.1 Å². The number of hydrogen-bond donors (Lipinski definition) is 2. The largest absolute Gasteiger partial charge is 0.418 e. The van der Waals surface area contributed by atoms with Gasteiger partial charge in [-0.2, -0.15) is 13.2 Å². The number of halogens is 3. The predicted molar refractivity (Wildman–Crippen MR) is 147 cm³/mol. The third-order valence-corrected chi connectivity index (χ3v) is 7.42. The fourth-order valence-electron chi connectivity index (χ4n) is 4.08. The Bertz CT molecular complexity index is 1680. The molecule has 0 saturated carbocycles. The first-order valence-electron chi connectivity index (χ1n) is 12.0. The number of urea groups is 1. The summed E-state index contributed by atoms with van der Waals surface area (Å²) < 4.78 is 43.9. The number of alkyl halides is 3. The van der Waals surface area contributed by atoms with Crippen molar-refractivity contribution in [1.82, 2.24) is 19.4 Å². The standard InChI is InChI=1S/C28H25F3N6OS/c1-16-11-17(7-9-32-16)18-8-10-37-22(14-33-24(37)13-18)19-5-6-21(20(12-19)28(29,30)31)35-25(38)36-26-34-15-23(39-26)27(2,3)4/h5-15H,1-4H3,(H2,34,35,36,38). The van der Waals surface area contributed by atoms with Crippen molar-refractivity contribution in [3.05, 3.63) is 83.4 Å². The van der Waals surface area contributed by atoms with Gasteiger partial charge in [-0.3, -0.25) is 14.7 Å². The number of pyridine rings is 2. The van der Waals surface area contributed by atoms with Gasteiger partial charge in [-0.1, -0.05) is 26.8 Å². The number of aromatic nitrogens is 4. The first-order valence-corrected chi connectivity index (χ1v) is 12.9. The SMILES string of the molecule is Cc1cc(-c2ccn3c(-c4ccc(NC(=O)Nc5ncc(C(C)(C)C)s5)c(C(F)(F)F)c4)cnc3c2)ccn1. The Morgan fingerprint density at radius 1 is 0.897 bits per heavy atom. The summed E-state index contributed by atoms with van der Waals surface area (Å²) in [6.07, 6.45) is 1.97. The number of nitrogens with zero attached hydrogens (tertiary/aromatic N) is 4. The number of carbonyl (C=O) groups is 1. The van der Waals surface area contributed by atoms with Crippen LogP contribution in [0.5, 0.6) is 0 Å². The molecule has 0 unspecified atom stereocenters. The Morgan fingerprint density at radius 3 is 2.36 bits per heavy atom. The molecular formula is C28H25F3N6OS. The molecule has 0 spiro atoms. The van der Waals surface area contributed by atoms with Crippen molar-refractivity contribution in [2.75, 3.05) is 10.6 Å². The number of aryl methyl sites for hydroxylation is 1. The molecule has 2 amide bonds. The molecule has 200 valence electrons. The molecule has 11 heteroatoms. The average molecular weight is 551 g/mol. The van der Waals surface area contributed by atoms with Crippen LogP contribution < -0.4 is 10.6 Å². The molecule has 2 N–H and O–H groups in total. The van der Waals surface area contributed by atoms with Gasteiger partial charge in [-0.25, -0.2) is 14.8 Å². The van der Waals surface area contributed by atoms with Crippen LogP contribution in [0.2, 0.25) is 0 Å². The third-order valence-electron chi connectivity index (χ3n) is 6.08. The van der Waals surface area contributed by atoms with Gasteiger partial charge < -0.3 is 5.32 Å². The fraction of sp³-hybridized carbons (Fsp3) is 0.214. The second-order valence-corrected chi connectivity index (χ2v) is 11.1. The van der Waals surface area contributed by atoms with Gasteiger partial charge in [-0.15, -0.1) is 11.3 Å². The molecule has 7 nitrogen and oxygen atoms in total. The molecule has 0 aliphatic rings. The number of amides is 2. The van der Waals surface area contributed by atoms with Crippen molar-refractivity contribution in [2.24, 2.45) is 0 Å². The van der Waals surface area contributed by atoms with Crippen molar-refractivity contribution >= 4 is 33.8 Å². The Balaban J connectivity index is 1.42. The molecule has 39 heavy (non-hydrogen) atoms. The van der Waals surface area contributed by atoms with E-state index in [1.54, 1.807) is 23.0 Å². The average Bonchev–Trinajstić information content (AvgIpc) is 3.50. The zero-order valence-electron chi connectivity index (χ0n) is 21.6. The van der Waals surface area contributed by atoms with Crippen LogP contribution in [-0.4, -0.2) is 25.4 Å². The van der Waals surface area contributed by atoms with Crippen molar-refractivity contribution < 1.29 is 18.0 Å². The van der Waals surface area contributed by atoms with E-state index in [9.17, 15) is 18.0 Å². The van der Waals surface area contributed by atoms with Crippen LogP contribution in [0.4, 0.5) is 28.8 Å². The number of nitrogens with one attached hydrogen (secondary N) is 2. The quantitative estimate of drug-likeness (QED) is 0.239. The molecule has 1 aromatic carbocycles. The molecule has 0 aliphatic carbocycles. The van der Waals surface area contributed by atoms with E-state index < -0.39 is 17.8 Å². The number of rotatable bonds is 4. The number of anilines is 2. The number of fused-ring (bicyclic) bond motifs is 1. The summed E-state index contributed by atoms with van der Waals surface area (Å²) in [6, 6.07) is 10.6. The van der Waals surface area contributed by atoms with Crippen molar-refractivity contribution in [2.45, 2.75) is 39.3 Å². The van der Waals surface area contributed by atoms with Crippen LogP contribution in [0.1, 0.15) is 36.9 Å². The molecule has 4 heterocycles. The lowest BCUT2D eigenvalue weighted by Crippen LogP contribution is -2.21. The maximum atomic E-state index is 14.1. The molecule has 5 aromatic rings. The smallest absolute Gasteiger partial charge is 0.307 e. The highest BCUT2D eigenvalue weighted by molar-refractivity contribution is 7.15. The summed E-state index contributed by atoms with van der Waals surface area (Å²) in [6.45, 7) is 7.92. The zero-order valence-corrected chi connectivity index (χ0v) is 22.4. The van der Waals surface area contributed by atoms with Gasteiger partial charge in [-0.05, 0) is 59.9 Å². The molecule has 0 radical (unpaired) electrons. The van der Waals surface area contributed by atoms with E-state index in [1.807, 2.05) is 52.0 Å². The molecule has 0 bridgehead atoms. The fourth-order valence-corrected chi connectivity index (χ4v) is 4.94. The summed E-state index contributed by atoms with van der Waals surface area (Å²) in [7, 11) is 0. The monoisotopic (exact) mass is 550 g/mol. The Labute approximate surface area is 226 Å². The summed E-state index contributed by atoms with van der Waals surface area (Å²) >= 11 is 1.27. The van der Waals surface area contributed by atoms with Gasteiger partial charge in [0, 0.05) is 34.7 Å². The molecule has 4 aromatic heterocycles. The minimum atomic E-state index is -4.70. The van der Waals surface area contributed by atoms with Gasteiger partial charge >= 0.3 is 12.2 Å². The highest BCUT2D eigenvalue weighted by atomic mass is 32.1. The van der Waals surface area contributed by atoms with Crippen LogP contribution >= 0.6 is 11.3 Å². The first-order chi connectivity index (χ1) is 18.4. The Hall–Kier alpha value is -4.25. The molecule has 0 aliphatic heterocycles. The van der Waals surface area contributed by atoms with E-state index in [4.69, 9.17) is 0 Å². The topological polar surface area (TPSA) is 84.2 Å². The van der Waals surface area contributed by atoms with E-state index in [0.29, 0.717) is 22.0 Å². The first kappa shape index (κ1) is 26.4. The number of hydrogen-bond acceptors (Lipinski definition) is 5. The normalized spacial score (nSPS) is 12.1. The van der Waals surface area contributed by atoms with Crippen molar-refractivity contribution in [1.29, 1.82) is 0 Å². The summed E-state index contributed by atoms with van der Waals surface area (Å²) in [5.41, 5.74) is 2.65. The van der Waals surface area contributed by atoms with Crippen LogP contribution in [0.3, 0.4) is 0 Å². The lowest BCUT2D eigenvalue weighted by atomic mass is 9.96. The van der Waals surface area contributed by atoms with Crippen LogP contribution in [0.15, 0.2) is 67.3 Å². The number of imidazole rings is 1. The maximum absolute atomic E-state index is 14.1. The minimum Gasteiger partial charge on any atom is -0.307 e. The Morgan fingerprint density at radius 2 is 1.67 bits per heavy atom. The van der Waals surface area contributed by atoms with Gasteiger partial charge in [0.05, 0.1) is 23.1 Å². The molecule has 0 fully saturated rings. The predicted octanol–water partition coefficient (Wildman–Crippen LogP) is 7.79. The van der Waals surface area contributed by atoms with E-state index >= 15 is 0 Å². The summed E-state index contributed by atoms with van der Waals surface area (Å²) in [4.78, 5) is 26.3. The zero-order chi connectivity index (χ0) is 27.9. The van der Waals surface area contributed by atoms with Gasteiger partial charge in [0.1, 0.15) is 5.65 Å². The van der Waals surface area contributed by atoms with E-state index in [1.165, 1.54) is 29.7 Å². The summed E-state index contributed by atoms with van der Waals surface area (Å²) in [5.74, 6) is 0. The number of benzene rings is 1. The van der Waals surface area contributed by atoms with Crippen molar-refractivity contribution in [3.63, 3.8) is 0 Å². The highest BCUT2D eigenvalue weighted by Gasteiger charge is 2.34. The van der Waals surface area contributed by atoms with Crippen LogP contribution in [-0.2, 0) is 11.6 Å². The third kappa shape index (κ3) is 5.63. The molecule has 0 atom stereocenters. The van der Waals surface area contributed by atoms with E-state index in [0.717, 1.165) is 27.8 Å². The lowest BCUT2D eigenvalue weighted by molar-refractivity contribution is -0.136. The highest BCUT2D eigenvalue weighted by Crippen LogP contribution is 2.38. The summed E-state index contributed by atoms with van der Waals surface area (Å²) in [5, 5.41) is 5.15. The maximum Gasteiger partial charge on any atom is 0.418 e. The van der Waals surface area contributed by atoms with Crippen LogP contribution in [0.25, 0.3) is 28.0 Å². The van der Waals surface area contributed by atoms with Gasteiger partial charge in [0.2, 0.25) is 0 Å².